The van der Waals surface area contributed by atoms with Gasteiger partial charge in [-0.25, -0.2) is 0 Å². The highest BCUT2D eigenvalue weighted by Crippen LogP contribution is 2.68. The smallest absolute Gasteiger partial charge is 0.251 e. The number of anilines is 2. The molecule has 0 aromatic heterocycles. The van der Waals surface area contributed by atoms with Crippen molar-refractivity contribution in [3.8, 4) is 5.75 Å². The van der Waals surface area contributed by atoms with Crippen molar-refractivity contribution < 1.29 is 19.1 Å². The summed E-state index contributed by atoms with van der Waals surface area (Å²) < 4.78 is 5.41. The van der Waals surface area contributed by atoms with E-state index in [2.05, 4.69) is 15.5 Å². The van der Waals surface area contributed by atoms with E-state index in [9.17, 15) is 14.4 Å². The van der Waals surface area contributed by atoms with Crippen LogP contribution >= 0.6 is 11.6 Å². The van der Waals surface area contributed by atoms with Gasteiger partial charge in [0.15, 0.2) is 5.78 Å². The third kappa shape index (κ3) is 2.60. The fourth-order valence-corrected chi connectivity index (χ4v) is 8.05. The van der Waals surface area contributed by atoms with E-state index in [1.807, 2.05) is 43.3 Å². The summed E-state index contributed by atoms with van der Waals surface area (Å²) in [6.07, 6.45) is 1.51. The van der Waals surface area contributed by atoms with Crippen LogP contribution in [0.3, 0.4) is 0 Å². The molecule has 2 fully saturated rings. The third-order valence-corrected chi connectivity index (χ3v) is 9.24. The lowest BCUT2D eigenvalue weighted by atomic mass is 9.57. The SMILES string of the molecule is COc1cccc(C(=O)C2C3CCCN3C3(C(=O)Nc4c(Cl)cc(C)cc43)C23C(=O)Nc2ccccc23)c1. The Bertz CT molecular complexity index is 1570. The Kier molecular flexibility index (Phi) is 4.88. The van der Waals surface area contributed by atoms with E-state index in [1.54, 1.807) is 31.4 Å². The van der Waals surface area contributed by atoms with E-state index < -0.39 is 16.9 Å². The number of ketones is 1. The van der Waals surface area contributed by atoms with E-state index in [4.69, 9.17) is 16.3 Å². The second kappa shape index (κ2) is 7.91. The molecule has 0 bridgehead atoms. The van der Waals surface area contributed by atoms with Crippen LogP contribution in [-0.4, -0.2) is 42.2 Å². The molecule has 4 heterocycles. The molecule has 8 heteroatoms. The standard InChI is InChI=1S/C30H26ClN3O4/c1-16-13-20-25(21(31)14-16)33-28(37)30(20)29(19-9-3-4-10-22(19)32-27(29)36)24(23-11-6-12-34(23)30)26(35)17-7-5-8-18(15-17)38-2/h3-5,7-10,13-15,23-24H,6,11-12H2,1-2H3,(H,32,36)(H,33,37). The predicted octanol–water partition coefficient (Wildman–Crippen LogP) is 4.67. The first-order valence-electron chi connectivity index (χ1n) is 12.8. The largest absolute Gasteiger partial charge is 0.497 e. The number of carbonyl (C=O) groups excluding carboxylic acids is 3. The predicted molar refractivity (Wildman–Crippen MR) is 144 cm³/mol. The summed E-state index contributed by atoms with van der Waals surface area (Å²) in [4.78, 5) is 45.7. The monoisotopic (exact) mass is 527 g/mol. The van der Waals surface area contributed by atoms with Crippen LogP contribution in [-0.2, 0) is 20.5 Å². The quantitative estimate of drug-likeness (QED) is 0.483. The number of amides is 2. The molecule has 0 radical (unpaired) electrons. The molecule has 3 aromatic rings. The van der Waals surface area contributed by atoms with E-state index in [-0.39, 0.29) is 23.6 Å². The molecule has 2 N–H and O–H groups in total. The molecule has 0 saturated carbocycles. The number of aryl methyl sites for hydroxylation is 1. The number of rotatable bonds is 3. The number of carbonyl (C=O) groups is 3. The van der Waals surface area contributed by atoms with Gasteiger partial charge in [-0.15, -0.1) is 0 Å². The molecule has 4 aliphatic heterocycles. The minimum atomic E-state index is -1.50. The lowest BCUT2D eigenvalue weighted by molar-refractivity contribution is -0.137. The van der Waals surface area contributed by atoms with E-state index in [1.165, 1.54) is 0 Å². The van der Waals surface area contributed by atoms with Crippen LogP contribution in [0.2, 0.25) is 5.02 Å². The van der Waals surface area contributed by atoms with Gasteiger partial charge in [-0.05, 0) is 61.7 Å². The zero-order valence-corrected chi connectivity index (χ0v) is 21.8. The van der Waals surface area contributed by atoms with Crippen LogP contribution < -0.4 is 15.4 Å². The van der Waals surface area contributed by atoms with Crippen molar-refractivity contribution >= 4 is 40.6 Å². The van der Waals surface area contributed by atoms with Gasteiger partial charge in [-0.2, -0.15) is 0 Å². The number of nitrogens with one attached hydrogen (secondary N) is 2. The molecule has 0 aliphatic carbocycles. The molecule has 7 rings (SSSR count). The van der Waals surface area contributed by atoms with E-state index >= 15 is 0 Å². The van der Waals surface area contributed by atoms with Crippen LogP contribution in [0.4, 0.5) is 11.4 Å². The zero-order valence-electron chi connectivity index (χ0n) is 21.0. The Morgan fingerprint density at radius 3 is 2.66 bits per heavy atom. The van der Waals surface area contributed by atoms with Crippen LogP contribution in [0.5, 0.6) is 5.75 Å². The first-order chi connectivity index (χ1) is 18.3. The summed E-state index contributed by atoms with van der Waals surface area (Å²) >= 11 is 6.69. The van der Waals surface area contributed by atoms with Crippen molar-refractivity contribution in [2.75, 3.05) is 24.3 Å². The Hall–Kier alpha value is -3.68. The van der Waals surface area contributed by atoms with Crippen LogP contribution in [0.15, 0.2) is 60.7 Å². The summed E-state index contributed by atoms with van der Waals surface area (Å²) in [6, 6.07) is 17.9. The van der Waals surface area contributed by atoms with Crippen molar-refractivity contribution in [3.63, 3.8) is 0 Å². The third-order valence-electron chi connectivity index (χ3n) is 8.94. The maximum absolute atomic E-state index is 14.6. The average Bonchev–Trinajstić information content (AvgIpc) is 3.63. The number of fused-ring (bicyclic) bond motifs is 7. The minimum Gasteiger partial charge on any atom is -0.497 e. The van der Waals surface area contributed by atoms with Gasteiger partial charge in [-0.1, -0.05) is 48.0 Å². The second-order valence-corrected chi connectivity index (χ2v) is 11.0. The lowest BCUT2D eigenvalue weighted by Gasteiger charge is -2.43. The van der Waals surface area contributed by atoms with Gasteiger partial charge in [-0.3, -0.25) is 19.3 Å². The molecule has 38 heavy (non-hydrogen) atoms. The number of nitrogens with zero attached hydrogens (tertiary/aromatic N) is 1. The van der Waals surface area contributed by atoms with Crippen molar-refractivity contribution in [1.29, 1.82) is 0 Å². The highest BCUT2D eigenvalue weighted by atomic mass is 35.5. The van der Waals surface area contributed by atoms with E-state index in [0.29, 0.717) is 51.8 Å². The molecule has 3 aromatic carbocycles. The highest BCUT2D eigenvalue weighted by Gasteiger charge is 2.81. The molecule has 4 aliphatic rings. The minimum absolute atomic E-state index is 0.176. The fraction of sp³-hybridized carbons (Fsp3) is 0.300. The molecule has 4 atom stereocenters. The molecule has 7 nitrogen and oxygen atoms in total. The normalized spacial score (nSPS) is 28.8. The van der Waals surface area contributed by atoms with Crippen molar-refractivity contribution in [2.45, 2.75) is 36.8 Å². The van der Waals surface area contributed by atoms with Gasteiger partial charge in [0.1, 0.15) is 16.7 Å². The van der Waals surface area contributed by atoms with Gasteiger partial charge in [0, 0.05) is 22.9 Å². The van der Waals surface area contributed by atoms with Crippen LogP contribution in [0.25, 0.3) is 0 Å². The number of benzene rings is 3. The summed E-state index contributed by atoms with van der Waals surface area (Å²) in [6.45, 7) is 2.51. The molecular weight excluding hydrogens is 502 g/mol. The number of methoxy groups -OCH3 is 1. The number of para-hydroxylation sites is 1. The van der Waals surface area contributed by atoms with Crippen LogP contribution in [0.1, 0.15) is 39.9 Å². The summed E-state index contributed by atoms with van der Waals surface area (Å²) in [7, 11) is 1.56. The molecular formula is C30H26ClN3O4. The van der Waals surface area contributed by atoms with Gasteiger partial charge < -0.3 is 15.4 Å². The van der Waals surface area contributed by atoms with E-state index in [0.717, 1.165) is 12.0 Å². The number of Topliss-reactive ketones (excluding diaryl/α,β-unsaturated/α-hetero) is 1. The lowest BCUT2D eigenvalue weighted by Crippen LogP contribution is -2.62. The van der Waals surface area contributed by atoms with Crippen LogP contribution in [0, 0.1) is 12.8 Å². The summed E-state index contributed by atoms with van der Waals surface area (Å²) in [5, 5.41) is 6.51. The number of ether oxygens (including phenoxy) is 1. The van der Waals surface area contributed by atoms with Gasteiger partial charge in [0.25, 0.3) is 5.91 Å². The first-order valence-corrected chi connectivity index (χ1v) is 13.2. The summed E-state index contributed by atoms with van der Waals surface area (Å²) in [5.41, 5.74) is 0.866. The molecule has 192 valence electrons. The Balaban J connectivity index is 1.59. The molecule has 2 amide bonds. The molecule has 4 unspecified atom stereocenters. The van der Waals surface area contributed by atoms with Gasteiger partial charge >= 0.3 is 0 Å². The number of halogens is 1. The van der Waals surface area contributed by atoms with Crippen molar-refractivity contribution in [2.24, 2.45) is 5.92 Å². The Morgan fingerprint density at radius 1 is 1.03 bits per heavy atom. The Morgan fingerprint density at radius 2 is 1.84 bits per heavy atom. The second-order valence-electron chi connectivity index (χ2n) is 10.6. The van der Waals surface area contributed by atoms with Gasteiger partial charge in [0.2, 0.25) is 5.91 Å². The maximum Gasteiger partial charge on any atom is 0.251 e. The first kappa shape index (κ1) is 23.4. The fourth-order valence-electron chi connectivity index (χ4n) is 7.73. The molecule has 2 spiro atoms. The number of hydrogen-bond acceptors (Lipinski definition) is 5. The van der Waals surface area contributed by atoms with Crippen molar-refractivity contribution in [1.82, 2.24) is 4.90 Å². The zero-order chi connectivity index (χ0) is 26.4. The average molecular weight is 528 g/mol. The molecule has 2 saturated heterocycles. The van der Waals surface area contributed by atoms with Gasteiger partial charge in [0.05, 0.1) is 23.7 Å². The topological polar surface area (TPSA) is 87.7 Å². The maximum atomic E-state index is 14.6. The highest BCUT2D eigenvalue weighted by molar-refractivity contribution is 6.35. The van der Waals surface area contributed by atoms with Crippen molar-refractivity contribution in [3.05, 3.63) is 87.9 Å². The Labute approximate surface area is 225 Å². The number of hydrogen-bond donors (Lipinski definition) is 2. The summed E-state index contributed by atoms with van der Waals surface area (Å²) in [5.74, 6) is -1.08.